The second-order valence-electron chi connectivity index (χ2n) is 5.01. The lowest BCUT2D eigenvalue weighted by Crippen LogP contribution is -2.23. The number of nitrogens with zero attached hydrogens (tertiary/aromatic N) is 3. The van der Waals surface area contributed by atoms with Crippen molar-refractivity contribution in [3.63, 3.8) is 0 Å². The molecular formula is C16H11F3N4O2. The monoisotopic (exact) mass is 348 g/mol. The van der Waals surface area contributed by atoms with Crippen LogP contribution in [0.15, 0.2) is 53.3 Å². The highest BCUT2D eigenvalue weighted by molar-refractivity contribution is 5.94. The summed E-state index contributed by atoms with van der Waals surface area (Å²) < 4.78 is 42.5. The summed E-state index contributed by atoms with van der Waals surface area (Å²) in [4.78, 5) is 20.0. The Balaban J connectivity index is 1.62. The first-order valence-corrected chi connectivity index (χ1v) is 7.12. The number of aromatic nitrogens is 3. The molecule has 1 aromatic carbocycles. The Morgan fingerprint density at radius 3 is 2.40 bits per heavy atom. The van der Waals surface area contributed by atoms with Crippen molar-refractivity contribution in [1.29, 1.82) is 0 Å². The molecule has 128 valence electrons. The Morgan fingerprint density at radius 2 is 1.76 bits per heavy atom. The van der Waals surface area contributed by atoms with Gasteiger partial charge in [0.25, 0.3) is 5.91 Å². The number of carbonyl (C=O) groups excluding carboxylic acids is 1. The molecule has 9 heteroatoms. The molecule has 0 aliphatic rings. The van der Waals surface area contributed by atoms with Gasteiger partial charge in [-0.3, -0.25) is 9.78 Å². The highest BCUT2D eigenvalue weighted by atomic mass is 19.4. The lowest BCUT2D eigenvalue weighted by molar-refractivity contribution is -0.137. The molecule has 0 aliphatic heterocycles. The van der Waals surface area contributed by atoms with Gasteiger partial charge in [-0.25, -0.2) is 0 Å². The van der Waals surface area contributed by atoms with Crippen molar-refractivity contribution in [3.8, 4) is 11.4 Å². The lowest BCUT2D eigenvalue weighted by atomic mass is 10.1. The lowest BCUT2D eigenvalue weighted by Gasteiger charge is -2.07. The van der Waals surface area contributed by atoms with Crippen molar-refractivity contribution < 1.29 is 22.5 Å². The summed E-state index contributed by atoms with van der Waals surface area (Å²) in [7, 11) is 0. The van der Waals surface area contributed by atoms with E-state index in [0.29, 0.717) is 11.4 Å². The highest BCUT2D eigenvalue weighted by Crippen LogP contribution is 2.29. The van der Waals surface area contributed by atoms with Crippen molar-refractivity contribution in [1.82, 2.24) is 20.4 Å². The molecule has 2 heterocycles. The van der Waals surface area contributed by atoms with E-state index in [9.17, 15) is 18.0 Å². The van der Waals surface area contributed by atoms with Crippen LogP contribution in [0.4, 0.5) is 13.2 Å². The molecule has 0 aliphatic carbocycles. The van der Waals surface area contributed by atoms with Crippen LogP contribution >= 0.6 is 0 Å². The van der Waals surface area contributed by atoms with Gasteiger partial charge in [-0.1, -0.05) is 5.16 Å². The molecule has 1 amide bonds. The van der Waals surface area contributed by atoms with Crippen LogP contribution < -0.4 is 5.32 Å². The van der Waals surface area contributed by atoms with E-state index < -0.39 is 17.6 Å². The van der Waals surface area contributed by atoms with Crippen LogP contribution in [-0.4, -0.2) is 21.0 Å². The fourth-order valence-electron chi connectivity index (χ4n) is 2.01. The van der Waals surface area contributed by atoms with Crippen molar-refractivity contribution in [2.75, 3.05) is 0 Å². The molecule has 0 saturated carbocycles. The molecule has 1 N–H and O–H groups in total. The second-order valence-corrected chi connectivity index (χ2v) is 5.01. The topological polar surface area (TPSA) is 80.9 Å². The molecular weight excluding hydrogens is 337 g/mol. The van der Waals surface area contributed by atoms with Gasteiger partial charge in [0.2, 0.25) is 11.7 Å². The predicted molar refractivity (Wildman–Crippen MR) is 80.1 cm³/mol. The van der Waals surface area contributed by atoms with Gasteiger partial charge in [-0.2, -0.15) is 18.2 Å². The zero-order chi connectivity index (χ0) is 17.9. The van der Waals surface area contributed by atoms with Gasteiger partial charge in [-0.15, -0.1) is 0 Å². The number of hydrogen-bond acceptors (Lipinski definition) is 5. The Bertz CT molecular complexity index is 861. The summed E-state index contributed by atoms with van der Waals surface area (Å²) in [6, 6.07) is 7.32. The maximum Gasteiger partial charge on any atom is 0.416 e. The van der Waals surface area contributed by atoms with E-state index in [0.717, 1.165) is 24.3 Å². The summed E-state index contributed by atoms with van der Waals surface area (Å²) >= 11 is 0. The molecule has 3 rings (SSSR count). The number of benzene rings is 1. The minimum Gasteiger partial charge on any atom is -0.343 e. The van der Waals surface area contributed by atoms with Crippen LogP contribution in [-0.2, 0) is 12.7 Å². The van der Waals surface area contributed by atoms with Crippen LogP contribution in [0.5, 0.6) is 0 Å². The molecule has 0 bridgehead atoms. The van der Waals surface area contributed by atoms with Crippen LogP contribution in [0.3, 0.4) is 0 Å². The molecule has 0 unspecified atom stereocenters. The third-order valence-corrected chi connectivity index (χ3v) is 3.28. The van der Waals surface area contributed by atoms with Crippen LogP contribution in [0, 0.1) is 0 Å². The minimum atomic E-state index is -4.44. The molecule has 0 fully saturated rings. The zero-order valence-corrected chi connectivity index (χ0v) is 12.6. The molecule has 6 nitrogen and oxygen atoms in total. The van der Waals surface area contributed by atoms with E-state index in [1.54, 1.807) is 24.5 Å². The van der Waals surface area contributed by atoms with E-state index in [2.05, 4.69) is 20.4 Å². The number of nitrogens with one attached hydrogen (secondary N) is 1. The van der Waals surface area contributed by atoms with Crippen molar-refractivity contribution in [3.05, 3.63) is 65.8 Å². The third kappa shape index (κ3) is 4.00. The number of rotatable bonds is 4. The molecule has 25 heavy (non-hydrogen) atoms. The van der Waals surface area contributed by atoms with Crippen LogP contribution in [0.1, 0.15) is 21.8 Å². The maximum atomic E-state index is 12.5. The van der Waals surface area contributed by atoms with Crippen LogP contribution in [0.2, 0.25) is 0 Å². The summed E-state index contributed by atoms with van der Waals surface area (Å²) in [5, 5.41) is 6.30. The average Bonchev–Trinajstić information content (AvgIpc) is 3.09. The minimum absolute atomic E-state index is 0.0437. The third-order valence-electron chi connectivity index (χ3n) is 3.28. The van der Waals surface area contributed by atoms with Crippen LogP contribution in [0.25, 0.3) is 11.4 Å². The summed E-state index contributed by atoms with van der Waals surface area (Å²) in [5.41, 5.74) is -0.0103. The van der Waals surface area contributed by atoms with Gasteiger partial charge in [0.05, 0.1) is 12.1 Å². The van der Waals surface area contributed by atoms with Crippen molar-refractivity contribution in [2.45, 2.75) is 12.7 Å². The fourth-order valence-corrected chi connectivity index (χ4v) is 2.01. The Hall–Kier alpha value is -3.23. The van der Waals surface area contributed by atoms with Gasteiger partial charge in [0.15, 0.2) is 0 Å². The summed E-state index contributed by atoms with van der Waals surface area (Å²) in [6.45, 7) is -0.0437. The van der Waals surface area contributed by atoms with E-state index in [1.165, 1.54) is 0 Å². The normalized spacial score (nSPS) is 11.3. The number of carbonyl (C=O) groups is 1. The quantitative estimate of drug-likeness (QED) is 0.784. The number of amides is 1. The molecule has 2 aromatic heterocycles. The van der Waals surface area contributed by atoms with E-state index >= 15 is 0 Å². The predicted octanol–water partition coefficient (Wildman–Crippen LogP) is 3.08. The number of halogens is 3. The fraction of sp³-hybridized carbons (Fsp3) is 0.125. The number of pyridine rings is 1. The van der Waals surface area contributed by atoms with E-state index in [-0.39, 0.29) is 18.0 Å². The first-order valence-electron chi connectivity index (χ1n) is 7.12. The first-order chi connectivity index (χ1) is 11.9. The largest absolute Gasteiger partial charge is 0.416 e. The van der Waals surface area contributed by atoms with E-state index in [1.807, 2.05) is 0 Å². The number of alkyl halides is 3. The van der Waals surface area contributed by atoms with Crippen molar-refractivity contribution in [2.24, 2.45) is 0 Å². The van der Waals surface area contributed by atoms with Gasteiger partial charge >= 0.3 is 6.18 Å². The van der Waals surface area contributed by atoms with Gasteiger partial charge < -0.3 is 9.84 Å². The molecule has 0 saturated heterocycles. The molecule has 0 spiro atoms. The van der Waals surface area contributed by atoms with Gasteiger partial charge in [0, 0.05) is 23.5 Å². The summed E-state index contributed by atoms with van der Waals surface area (Å²) in [6.07, 6.45) is -1.28. The SMILES string of the molecule is O=C(NCc1nc(-c2ccncc2)no1)c1ccc(C(F)(F)F)cc1. The van der Waals surface area contributed by atoms with Crippen molar-refractivity contribution >= 4 is 5.91 Å². The summed E-state index contributed by atoms with van der Waals surface area (Å²) in [5.74, 6) is -0.0226. The zero-order valence-electron chi connectivity index (χ0n) is 12.6. The van der Waals surface area contributed by atoms with Gasteiger partial charge in [-0.05, 0) is 36.4 Å². The smallest absolute Gasteiger partial charge is 0.343 e. The Morgan fingerprint density at radius 1 is 1.08 bits per heavy atom. The second kappa shape index (κ2) is 6.71. The van der Waals surface area contributed by atoms with E-state index in [4.69, 9.17) is 4.52 Å². The molecule has 3 aromatic rings. The average molecular weight is 348 g/mol. The molecule has 0 atom stereocenters. The number of hydrogen-bond donors (Lipinski definition) is 1. The molecule has 0 radical (unpaired) electrons. The van der Waals surface area contributed by atoms with Gasteiger partial charge in [0.1, 0.15) is 0 Å². The highest BCUT2D eigenvalue weighted by Gasteiger charge is 2.30. The maximum absolute atomic E-state index is 12.5. The standard InChI is InChI=1S/C16H11F3N4O2/c17-16(18,19)12-3-1-11(2-4-12)15(24)21-9-13-22-14(23-25-13)10-5-7-20-8-6-10/h1-8H,9H2,(H,21,24). The Kier molecular flexibility index (Phi) is 4.46. The first kappa shape index (κ1) is 16.6. The Labute approximate surface area is 139 Å².